The van der Waals surface area contributed by atoms with E-state index in [-0.39, 0.29) is 0 Å². The minimum absolute atomic E-state index is 0.490. The quantitative estimate of drug-likeness (QED) is 0.828. The molecule has 2 N–H and O–H groups in total. The number of hydrogen-bond donors (Lipinski definition) is 1. The van der Waals surface area contributed by atoms with Gasteiger partial charge in [0.1, 0.15) is 0 Å². The summed E-state index contributed by atoms with van der Waals surface area (Å²) >= 11 is 7.78. The highest BCUT2D eigenvalue weighted by Gasteiger charge is 2.02. The molecule has 0 saturated carbocycles. The second-order valence-corrected chi connectivity index (χ2v) is 4.34. The third-order valence-corrected chi connectivity index (χ3v) is 3.35. The van der Waals surface area contributed by atoms with Crippen LogP contribution in [0.3, 0.4) is 0 Å². The Morgan fingerprint density at radius 2 is 2.14 bits per heavy atom. The smallest absolute Gasteiger partial charge is 0.0457 e. The van der Waals surface area contributed by atoms with E-state index in [1.165, 1.54) is 4.88 Å². The molecular formula is C11H10ClNS. The zero-order chi connectivity index (χ0) is 9.97. The minimum atomic E-state index is 0.490. The van der Waals surface area contributed by atoms with Gasteiger partial charge in [0.2, 0.25) is 0 Å². The van der Waals surface area contributed by atoms with Crippen molar-refractivity contribution in [3.8, 4) is 10.4 Å². The molecule has 1 aromatic heterocycles. The average molecular weight is 224 g/mol. The molecule has 0 amide bonds. The van der Waals surface area contributed by atoms with Gasteiger partial charge in [-0.1, -0.05) is 29.8 Å². The lowest BCUT2D eigenvalue weighted by Crippen LogP contribution is -1.96. The predicted molar refractivity (Wildman–Crippen MR) is 62.7 cm³/mol. The van der Waals surface area contributed by atoms with Crippen LogP contribution >= 0.6 is 22.9 Å². The molecule has 0 fully saturated rings. The van der Waals surface area contributed by atoms with Gasteiger partial charge in [-0.2, -0.15) is 0 Å². The van der Waals surface area contributed by atoms with Gasteiger partial charge in [-0.15, -0.1) is 11.3 Å². The molecule has 0 unspecified atom stereocenters. The van der Waals surface area contributed by atoms with E-state index in [0.29, 0.717) is 6.54 Å². The van der Waals surface area contributed by atoms with E-state index in [0.717, 1.165) is 16.1 Å². The summed E-state index contributed by atoms with van der Waals surface area (Å²) in [6.45, 7) is 0.490. The molecule has 1 aromatic carbocycles. The van der Waals surface area contributed by atoms with Crippen LogP contribution in [0.1, 0.15) is 5.56 Å². The van der Waals surface area contributed by atoms with Crippen LogP contribution in [0.2, 0.25) is 5.02 Å². The van der Waals surface area contributed by atoms with Gasteiger partial charge in [0, 0.05) is 16.4 Å². The van der Waals surface area contributed by atoms with Gasteiger partial charge in [-0.05, 0) is 28.6 Å². The van der Waals surface area contributed by atoms with Crippen LogP contribution in [0.5, 0.6) is 0 Å². The van der Waals surface area contributed by atoms with E-state index < -0.39 is 0 Å². The lowest BCUT2D eigenvalue weighted by molar-refractivity contribution is 1.07. The second-order valence-electron chi connectivity index (χ2n) is 2.99. The third-order valence-electron chi connectivity index (χ3n) is 2.08. The summed E-state index contributed by atoms with van der Waals surface area (Å²) < 4.78 is 0. The number of benzene rings is 1. The number of hydrogen-bond acceptors (Lipinski definition) is 2. The molecule has 14 heavy (non-hydrogen) atoms. The van der Waals surface area contributed by atoms with Crippen molar-refractivity contribution in [1.82, 2.24) is 0 Å². The zero-order valence-corrected chi connectivity index (χ0v) is 9.11. The van der Waals surface area contributed by atoms with E-state index in [9.17, 15) is 0 Å². The summed E-state index contributed by atoms with van der Waals surface area (Å²) in [5.74, 6) is 0. The number of halogens is 1. The van der Waals surface area contributed by atoms with E-state index in [4.69, 9.17) is 17.3 Å². The second kappa shape index (κ2) is 4.13. The summed E-state index contributed by atoms with van der Waals surface area (Å²) in [5, 5.41) is 2.80. The van der Waals surface area contributed by atoms with Crippen molar-refractivity contribution in [2.45, 2.75) is 6.54 Å². The fourth-order valence-corrected chi connectivity index (χ4v) is 2.29. The van der Waals surface area contributed by atoms with Crippen molar-refractivity contribution < 1.29 is 0 Å². The molecular weight excluding hydrogens is 214 g/mol. The number of rotatable bonds is 2. The maximum atomic E-state index is 6.07. The van der Waals surface area contributed by atoms with E-state index in [1.54, 1.807) is 11.3 Å². The molecule has 0 aliphatic heterocycles. The summed E-state index contributed by atoms with van der Waals surface area (Å²) in [4.78, 5) is 1.23. The average Bonchev–Trinajstić information content (AvgIpc) is 2.70. The van der Waals surface area contributed by atoms with Gasteiger partial charge in [-0.3, -0.25) is 0 Å². The standard InChI is InChI=1S/C11H10ClNS/c12-10-6-8(3-4-9(10)7-13)11-2-1-5-14-11/h1-6H,7,13H2. The summed E-state index contributed by atoms with van der Waals surface area (Å²) in [6.07, 6.45) is 0. The summed E-state index contributed by atoms with van der Waals surface area (Å²) in [6, 6.07) is 10.1. The molecule has 1 nitrogen and oxygen atoms in total. The Morgan fingerprint density at radius 1 is 1.29 bits per heavy atom. The van der Waals surface area contributed by atoms with E-state index >= 15 is 0 Å². The Hall–Kier alpha value is -0.830. The SMILES string of the molecule is NCc1ccc(-c2cccs2)cc1Cl. The van der Waals surface area contributed by atoms with Crippen LogP contribution in [-0.4, -0.2) is 0 Å². The Kier molecular flexibility index (Phi) is 2.87. The third kappa shape index (κ3) is 1.82. The molecule has 2 rings (SSSR count). The lowest BCUT2D eigenvalue weighted by atomic mass is 10.1. The van der Waals surface area contributed by atoms with Crippen molar-refractivity contribution >= 4 is 22.9 Å². The summed E-state index contributed by atoms with van der Waals surface area (Å²) in [5.41, 5.74) is 7.68. The van der Waals surface area contributed by atoms with Crippen LogP contribution in [0, 0.1) is 0 Å². The fourth-order valence-electron chi connectivity index (χ4n) is 1.31. The Morgan fingerprint density at radius 3 is 2.71 bits per heavy atom. The minimum Gasteiger partial charge on any atom is -0.326 e. The van der Waals surface area contributed by atoms with Crippen molar-refractivity contribution in [3.05, 3.63) is 46.3 Å². The molecule has 0 aliphatic carbocycles. The first-order valence-electron chi connectivity index (χ1n) is 4.33. The number of nitrogens with two attached hydrogens (primary N) is 1. The first-order chi connectivity index (χ1) is 6.81. The summed E-state index contributed by atoms with van der Waals surface area (Å²) in [7, 11) is 0. The van der Waals surface area contributed by atoms with Crippen molar-refractivity contribution in [1.29, 1.82) is 0 Å². The Labute approximate surface area is 92.1 Å². The highest BCUT2D eigenvalue weighted by molar-refractivity contribution is 7.13. The highest BCUT2D eigenvalue weighted by atomic mass is 35.5. The molecule has 3 heteroatoms. The molecule has 72 valence electrons. The molecule has 0 bridgehead atoms. The van der Waals surface area contributed by atoms with Gasteiger partial charge < -0.3 is 5.73 Å². The Bertz CT molecular complexity index is 423. The van der Waals surface area contributed by atoms with Crippen LogP contribution in [0.25, 0.3) is 10.4 Å². The highest BCUT2D eigenvalue weighted by Crippen LogP contribution is 2.28. The maximum absolute atomic E-state index is 6.07. The van der Waals surface area contributed by atoms with E-state index in [2.05, 4.69) is 17.5 Å². The van der Waals surface area contributed by atoms with Gasteiger partial charge in [0.15, 0.2) is 0 Å². The number of thiophene rings is 1. The van der Waals surface area contributed by atoms with Gasteiger partial charge in [-0.25, -0.2) is 0 Å². The molecule has 1 heterocycles. The Balaban J connectivity index is 2.43. The van der Waals surface area contributed by atoms with Crippen molar-refractivity contribution in [2.24, 2.45) is 5.73 Å². The van der Waals surface area contributed by atoms with Crippen molar-refractivity contribution in [2.75, 3.05) is 0 Å². The van der Waals surface area contributed by atoms with Crippen LogP contribution < -0.4 is 5.73 Å². The topological polar surface area (TPSA) is 26.0 Å². The predicted octanol–water partition coefficient (Wildman–Crippen LogP) is 3.53. The van der Waals surface area contributed by atoms with Crippen LogP contribution in [0.4, 0.5) is 0 Å². The van der Waals surface area contributed by atoms with Crippen LogP contribution in [-0.2, 0) is 6.54 Å². The molecule has 0 aliphatic rings. The zero-order valence-electron chi connectivity index (χ0n) is 7.53. The first-order valence-corrected chi connectivity index (χ1v) is 5.59. The van der Waals surface area contributed by atoms with Crippen LogP contribution in [0.15, 0.2) is 35.7 Å². The van der Waals surface area contributed by atoms with Gasteiger partial charge in [0.05, 0.1) is 0 Å². The molecule has 2 aromatic rings. The molecule has 0 atom stereocenters. The van der Waals surface area contributed by atoms with E-state index in [1.807, 2.05) is 18.2 Å². The molecule has 0 radical (unpaired) electrons. The maximum Gasteiger partial charge on any atom is 0.0457 e. The lowest BCUT2D eigenvalue weighted by Gasteiger charge is -2.03. The van der Waals surface area contributed by atoms with Crippen molar-refractivity contribution in [3.63, 3.8) is 0 Å². The van der Waals surface area contributed by atoms with Gasteiger partial charge in [0.25, 0.3) is 0 Å². The van der Waals surface area contributed by atoms with Gasteiger partial charge >= 0.3 is 0 Å². The molecule has 0 saturated heterocycles. The normalized spacial score (nSPS) is 10.4. The first kappa shape index (κ1) is 9.71. The largest absolute Gasteiger partial charge is 0.326 e. The fraction of sp³-hybridized carbons (Fsp3) is 0.0909. The molecule has 0 spiro atoms. The monoisotopic (exact) mass is 223 g/mol.